The van der Waals surface area contributed by atoms with Gasteiger partial charge in [-0.15, -0.1) is 0 Å². The predicted octanol–water partition coefficient (Wildman–Crippen LogP) is 16.9. The third-order valence-corrected chi connectivity index (χ3v) is 20.9. The summed E-state index contributed by atoms with van der Waals surface area (Å²) in [5.41, 5.74) is 6.83. The first-order valence-corrected chi connectivity index (χ1v) is 28.4. The quantitative estimate of drug-likeness (QED) is 0.112. The van der Waals surface area contributed by atoms with Gasteiger partial charge < -0.3 is 4.74 Å². The van der Waals surface area contributed by atoms with Crippen LogP contribution in [0.1, 0.15) is 103 Å². The number of ether oxygens (including phenoxy) is 1. The molecule has 10 aromatic carbocycles. The fraction of sp³-hybridized carbons (Fsp3) is 0.139. The molecule has 79 heavy (non-hydrogen) atoms. The van der Waals surface area contributed by atoms with E-state index in [-0.39, 0.29) is 0 Å². The van der Waals surface area contributed by atoms with Crippen LogP contribution in [-0.2, 0) is 46.8 Å². The van der Waals surface area contributed by atoms with Crippen molar-refractivity contribution in [1.82, 2.24) is 0 Å². The van der Waals surface area contributed by atoms with Gasteiger partial charge >= 0.3 is 11.9 Å². The van der Waals surface area contributed by atoms with E-state index >= 15 is 9.59 Å². The van der Waals surface area contributed by atoms with Crippen molar-refractivity contribution >= 4 is 58.3 Å². The Hall–Kier alpha value is -7.50. The van der Waals surface area contributed by atoms with Crippen molar-refractivity contribution in [1.29, 1.82) is 0 Å². The van der Waals surface area contributed by atoms with Crippen molar-refractivity contribution in [2.75, 3.05) is 0 Å². The van der Waals surface area contributed by atoms with E-state index in [1.54, 1.807) is 0 Å². The Labute approximate surface area is 479 Å². The maximum absolute atomic E-state index is 15.2. The minimum absolute atomic E-state index is 0.449. The first-order valence-electron chi connectivity index (χ1n) is 26.8. The van der Waals surface area contributed by atoms with Crippen LogP contribution in [0.15, 0.2) is 243 Å². The number of cyclic esters (lactones) is 2. The van der Waals surface area contributed by atoms with Crippen LogP contribution in [0.2, 0.25) is 20.1 Å². The van der Waals surface area contributed by atoms with Gasteiger partial charge in [-0.05, 0) is 89.0 Å². The summed E-state index contributed by atoms with van der Waals surface area (Å²) in [5.74, 6) is -3.39. The molecule has 6 aliphatic rings. The van der Waals surface area contributed by atoms with E-state index in [1.165, 1.54) is 0 Å². The number of esters is 2. The summed E-state index contributed by atoms with van der Waals surface area (Å²) in [7, 11) is 0. The number of hydrogen-bond donors (Lipinski definition) is 0. The molecule has 2 unspecified atom stereocenters. The van der Waals surface area contributed by atoms with Gasteiger partial charge in [0.1, 0.15) is 0 Å². The molecule has 0 N–H and O–H groups in total. The second-order valence-corrected chi connectivity index (χ2v) is 23.8. The van der Waals surface area contributed by atoms with E-state index in [0.717, 1.165) is 66.8 Å². The highest BCUT2D eigenvalue weighted by Gasteiger charge is 2.78. The number of carbonyl (C=O) groups is 2. The van der Waals surface area contributed by atoms with Crippen LogP contribution < -0.4 is 0 Å². The molecule has 16 rings (SSSR count). The summed E-state index contributed by atoms with van der Waals surface area (Å²) < 4.78 is 5.96. The molecule has 1 saturated heterocycles. The molecular formula is C72H48Cl4O3. The van der Waals surface area contributed by atoms with E-state index in [0.29, 0.717) is 42.3 Å². The van der Waals surface area contributed by atoms with E-state index in [1.807, 2.05) is 62.4 Å². The van der Waals surface area contributed by atoms with Crippen LogP contribution in [0.25, 0.3) is 0 Å². The van der Waals surface area contributed by atoms with Crippen LogP contribution in [-0.4, -0.2) is 11.9 Å². The molecule has 3 nitrogen and oxygen atoms in total. The summed E-state index contributed by atoms with van der Waals surface area (Å²) >= 11 is 34.7. The smallest absolute Gasteiger partial charge is 0.318 e. The SMILES string of the molecule is CC12c3c(Cl)c4c(c(Cl)c3C(C)(c3c(Cl)c5c(c(Cl)c31)C(c1ccccc1)(c1ccccc1)C5(c1ccccc1)c1ccccc1)C1C(=O)OC(=O)C12)C(c1ccccc1)(c1ccccc1)C4(c1ccccc1)c1ccccc1. The molecule has 10 aromatic rings. The molecule has 1 heterocycles. The highest BCUT2D eigenvalue weighted by molar-refractivity contribution is 6.40. The lowest BCUT2D eigenvalue weighted by molar-refractivity contribution is -0.154. The molecule has 0 saturated carbocycles. The van der Waals surface area contributed by atoms with Gasteiger partial charge in [-0.1, -0.05) is 303 Å². The number of benzene rings is 10. The van der Waals surface area contributed by atoms with Gasteiger partial charge in [0, 0.05) is 30.9 Å². The fourth-order valence-corrected chi connectivity index (χ4v) is 19.0. The molecule has 0 spiro atoms. The minimum Gasteiger partial charge on any atom is -0.393 e. The van der Waals surface area contributed by atoms with E-state index < -0.39 is 56.3 Å². The monoisotopic (exact) mass is 1100 g/mol. The van der Waals surface area contributed by atoms with Crippen LogP contribution in [0.3, 0.4) is 0 Å². The van der Waals surface area contributed by atoms with Gasteiger partial charge in [0.25, 0.3) is 0 Å². The zero-order chi connectivity index (χ0) is 53.8. The zero-order valence-electron chi connectivity index (χ0n) is 43.0. The highest BCUT2D eigenvalue weighted by Crippen LogP contribution is 2.80. The lowest BCUT2D eigenvalue weighted by Crippen LogP contribution is -2.66. The lowest BCUT2D eigenvalue weighted by atomic mass is 9.34. The largest absolute Gasteiger partial charge is 0.393 e. The summed E-state index contributed by atoms with van der Waals surface area (Å²) in [6.07, 6.45) is 0. The third-order valence-electron chi connectivity index (χ3n) is 19.4. The van der Waals surface area contributed by atoms with Crippen molar-refractivity contribution in [3.63, 3.8) is 0 Å². The Morgan fingerprint density at radius 2 is 0.418 bits per heavy atom. The van der Waals surface area contributed by atoms with Gasteiger partial charge in [-0.3, -0.25) is 9.59 Å². The first-order chi connectivity index (χ1) is 38.5. The van der Waals surface area contributed by atoms with Gasteiger partial charge in [-0.25, -0.2) is 0 Å². The van der Waals surface area contributed by atoms with Gasteiger partial charge in [0.05, 0.1) is 33.5 Å². The Bertz CT molecular complexity index is 3480. The molecule has 0 aromatic heterocycles. The van der Waals surface area contributed by atoms with Crippen LogP contribution in [0.5, 0.6) is 0 Å². The van der Waals surface area contributed by atoms with Crippen molar-refractivity contribution in [3.05, 3.63) is 352 Å². The Balaban J connectivity index is 1.17. The van der Waals surface area contributed by atoms with Crippen molar-refractivity contribution in [2.24, 2.45) is 11.8 Å². The van der Waals surface area contributed by atoms with Crippen molar-refractivity contribution in [3.8, 4) is 0 Å². The van der Waals surface area contributed by atoms with Gasteiger partial charge in [0.2, 0.25) is 0 Å². The summed E-state index contributed by atoms with van der Waals surface area (Å²) in [6.45, 7) is 4.06. The van der Waals surface area contributed by atoms with E-state index in [2.05, 4.69) is 194 Å². The number of rotatable bonds is 8. The minimum atomic E-state index is -1.45. The molecule has 2 bridgehead atoms. The maximum Gasteiger partial charge on any atom is 0.318 e. The standard InChI is InChI=1S/C72H48Cl4O3/c1-67-51-53(63(75)57-55(61(51)73)69(43-27-11-3-12-28-43,44-29-13-4-14-30-44)71(57,47-35-19-7-20-36-47)48-37-21-8-22-38-48)68(2,60-59(67)65(77)79-66(60)78)54-52(67)62(74)56-58(64(54)76)72(49-39-23-9-24-40-49,50-41-25-10-26-42-50)70(56,45-31-15-5-16-32-45)46-33-17-6-18-34-46/h3-42,59-60H,1-2H3. The van der Waals surface area contributed by atoms with E-state index in [9.17, 15) is 0 Å². The zero-order valence-corrected chi connectivity index (χ0v) is 46.0. The lowest BCUT2D eigenvalue weighted by Gasteiger charge is -2.67. The molecule has 5 aliphatic carbocycles. The van der Waals surface area contributed by atoms with Crippen LogP contribution >= 0.6 is 46.4 Å². The van der Waals surface area contributed by atoms with E-state index in [4.69, 9.17) is 51.1 Å². The average molecular weight is 1100 g/mol. The molecule has 0 radical (unpaired) electrons. The van der Waals surface area contributed by atoms with Crippen LogP contribution in [0.4, 0.5) is 0 Å². The molecule has 1 fully saturated rings. The summed E-state index contributed by atoms with van der Waals surface area (Å²) in [4.78, 5) is 30.4. The molecular weight excluding hydrogens is 1050 g/mol. The first kappa shape index (κ1) is 48.6. The normalized spacial score (nSPS) is 22.5. The molecule has 0 amide bonds. The Kier molecular flexibility index (Phi) is 10.5. The average Bonchev–Trinajstić information content (AvgIpc) is 1.61. The van der Waals surface area contributed by atoms with Gasteiger partial charge in [-0.2, -0.15) is 0 Å². The molecule has 2 atom stereocenters. The van der Waals surface area contributed by atoms with Gasteiger partial charge in [0.15, 0.2) is 0 Å². The molecule has 382 valence electrons. The summed E-state index contributed by atoms with van der Waals surface area (Å²) in [6, 6.07) is 84.5. The fourth-order valence-electron chi connectivity index (χ4n) is 16.9. The maximum atomic E-state index is 15.2. The number of carbonyl (C=O) groups excluding carboxylic acids is 2. The second kappa shape index (κ2) is 17.0. The summed E-state index contributed by atoms with van der Waals surface area (Å²) in [5, 5.41) is 1.80. The number of fused-ring (bicyclic) bond motifs is 2. The number of hydrogen-bond acceptors (Lipinski definition) is 3. The topological polar surface area (TPSA) is 43.4 Å². The number of halogens is 4. The molecule has 7 heteroatoms. The highest BCUT2D eigenvalue weighted by atomic mass is 35.5. The van der Waals surface area contributed by atoms with Crippen molar-refractivity contribution < 1.29 is 14.3 Å². The second-order valence-electron chi connectivity index (χ2n) is 22.3. The Morgan fingerprint density at radius 3 is 0.570 bits per heavy atom. The molecule has 1 aliphatic heterocycles. The van der Waals surface area contributed by atoms with Crippen LogP contribution in [0, 0.1) is 11.8 Å². The predicted molar refractivity (Wildman–Crippen MR) is 315 cm³/mol. The van der Waals surface area contributed by atoms with Crippen molar-refractivity contribution in [2.45, 2.75) is 46.3 Å². The third kappa shape index (κ3) is 5.44. The Morgan fingerprint density at radius 1 is 0.266 bits per heavy atom.